The van der Waals surface area contributed by atoms with Crippen molar-refractivity contribution in [3.05, 3.63) is 20.4 Å². The second-order valence-electron chi connectivity index (χ2n) is 8.41. The summed E-state index contributed by atoms with van der Waals surface area (Å²) in [7, 11) is -1.45. The molecule has 160 valence electrons. The topological polar surface area (TPSA) is 144 Å². The molecule has 1 heterocycles. The molecule has 0 unspecified atom stereocenters. The first-order valence-corrected chi connectivity index (χ1v) is 10.4. The quantitative estimate of drug-likeness (QED) is 0.315. The van der Waals surface area contributed by atoms with Crippen molar-refractivity contribution in [1.29, 1.82) is 0 Å². The molecule has 0 spiro atoms. The number of nitrogens with zero attached hydrogens (tertiary/aromatic N) is 2. The number of hydrogen-bond acceptors (Lipinski definition) is 8. The van der Waals surface area contributed by atoms with E-state index in [0.717, 1.165) is 25.7 Å². The zero-order valence-corrected chi connectivity index (χ0v) is 16.8. The van der Waals surface area contributed by atoms with Crippen LogP contribution in [0.1, 0.15) is 45.4 Å². The van der Waals surface area contributed by atoms with Gasteiger partial charge in [0, 0.05) is 31.6 Å². The molecule has 0 amide bonds. The van der Waals surface area contributed by atoms with Gasteiger partial charge >= 0.3 is 13.1 Å². The van der Waals surface area contributed by atoms with Gasteiger partial charge in [0.05, 0.1) is 0 Å². The summed E-state index contributed by atoms with van der Waals surface area (Å²) in [5.74, 6) is -1.62. The lowest BCUT2D eigenvalue weighted by molar-refractivity contribution is -0.144. The number of nitrogens with two attached hydrogens (primary N) is 1. The zero-order chi connectivity index (χ0) is 21.3. The van der Waals surface area contributed by atoms with Gasteiger partial charge in [0.25, 0.3) is 10.9 Å². The Hall–Kier alpha value is -1.91. The average Bonchev–Trinajstić information content (AvgIpc) is 3.30. The summed E-state index contributed by atoms with van der Waals surface area (Å²) in [6.45, 7) is 2.77. The van der Waals surface area contributed by atoms with E-state index < -0.39 is 35.4 Å². The van der Waals surface area contributed by atoms with E-state index in [4.69, 9.17) is 15.8 Å². The largest absolute Gasteiger partial charge is 0.480 e. The highest BCUT2D eigenvalue weighted by Gasteiger charge is 2.51. The molecular formula is C19H30BN3O6. The second-order valence-corrected chi connectivity index (χ2v) is 8.41. The van der Waals surface area contributed by atoms with Crippen molar-refractivity contribution in [2.45, 2.75) is 63.3 Å². The Morgan fingerprint density at radius 1 is 1.28 bits per heavy atom. The van der Waals surface area contributed by atoms with Gasteiger partial charge in [0.1, 0.15) is 16.9 Å². The fourth-order valence-corrected chi connectivity index (χ4v) is 4.99. The number of hydrogen-bond donors (Lipinski definition) is 4. The van der Waals surface area contributed by atoms with Gasteiger partial charge in [-0.25, -0.2) is 0 Å². The molecule has 1 saturated carbocycles. The number of aliphatic carboxylic acids is 1. The number of carbonyl (C=O) groups is 1. The molecule has 5 N–H and O–H groups in total. The van der Waals surface area contributed by atoms with Crippen LogP contribution in [-0.2, 0) is 4.79 Å². The first kappa shape index (κ1) is 21.8. The highest BCUT2D eigenvalue weighted by molar-refractivity contribution is 6.40. The van der Waals surface area contributed by atoms with Crippen LogP contribution in [0.2, 0.25) is 6.32 Å². The summed E-state index contributed by atoms with van der Waals surface area (Å²) in [6.07, 6.45) is 5.08. The van der Waals surface area contributed by atoms with Crippen LogP contribution in [0.15, 0.2) is 9.59 Å². The van der Waals surface area contributed by atoms with Gasteiger partial charge < -0.3 is 30.7 Å². The van der Waals surface area contributed by atoms with Gasteiger partial charge in [-0.2, -0.15) is 0 Å². The van der Waals surface area contributed by atoms with Crippen molar-refractivity contribution >= 4 is 24.5 Å². The van der Waals surface area contributed by atoms with E-state index in [2.05, 4.69) is 0 Å². The second kappa shape index (κ2) is 8.45. The summed E-state index contributed by atoms with van der Waals surface area (Å²) >= 11 is 0. The average molecular weight is 407 g/mol. The first-order chi connectivity index (χ1) is 13.7. The molecule has 3 rings (SSSR count). The molecule has 1 aromatic carbocycles. The summed E-state index contributed by atoms with van der Waals surface area (Å²) in [6, 6.07) is 0.230. The molecule has 9 nitrogen and oxygen atoms in total. The van der Waals surface area contributed by atoms with Crippen LogP contribution >= 0.6 is 0 Å². The van der Waals surface area contributed by atoms with Crippen LogP contribution in [0.4, 0.5) is 11.4 Å². The van der Waals surface area contributed by atoms with Crippen LogP contribution in [0.3, 0.4) is 0 Å². The van der Waals surface area contributed by atoms with Crippen molar-refractivity contribution in [3.8, 4) is 0 Å². The minimum atomic E-state index is -1.55. The summed E-state index contributed by atoms with van der Waals surface area (Å²) < 4.78 is 0. The smallest absolute Gasteiger partial charge is 0.451 e. The van der Waals surface area contributed by atoms with Crippen molar-refractivity contribution in [2.75, 3.05) is 29.4 Å². The Kier molecular flexibility index (Phi) is 6.35. The highest BCUT2D eigenvalue weighted by atomic mass is 16.4. The Morgan fingerprint density at radius 3 is 2.48 bits per heavy atom. The fraction of sp³-hybridized carbons (Fsp3) is 0.737. The van der Waals surface area contributed by atoms with E-state index >= 15 is 0 Å². The number of carboxylic acid groups (broad SMARTS) is 1. The third-order valence-corrected chi connectivity index (χ3v) is 6.61. The van der Waals surface area contributed by atoms with Crippen LogP contribution in [0, 0.1) is 5.92 Å². The molecule has 0 aromatic heterocycles. The third kappa shape index (κ3) is 3.93. The van der Waals surface area contributed by atoms with E-state index in [1.807, 2.05) is 11.8 Å². The lowest BCUT2D eigenvalue weighted by atomic mass is 9.78. The minimum absolute atomic E-state index is 0.0469. The highest BCUT2D eigenvalue weighted by Crippen LogP contribution is 2.38. The standard InChI is InChI=1S/C19H30BN3O6/c1-2-23(13-7-3-4-8-13)15-14(16(24)17(15)25)22-10-12(6-5-9-20(28)29)19(21,11-22)18(26)27/h12-13,28-29H,2-11,21H2,1H3,(H,26,27)/t12-,19-/m0/s1. The predicted molar refractivity (Wildman–Crippen MR) is 111 cm³/mol. The van der Waals surface area contributed by atoms with Crippen molar-refractivity contribution in [3.63, 3.8) is 0 Å². The van der Waals surface area contributed by atoms with Crippen LogP contribution in [0.5, 0.6) is 0 Å². The van der Waals surface area contributed by atoms with Crippen molar-refractivity contribution in [2.24, 2.45) is 11.7 Å². The summed E-state index contributed by atoms with van der Waals surface area (Å²) in [5.41, 5.74) is 4.30. The maximum Gasteiger partial charge on any atom is 0.451 e. The van der Waals surface area contributed by atoms with Gasteiger partial charge in [-0.1, -0.05) is 19.3 Å². The molecule has 10 heteroatoms. The molecule has 0 radical (unpaired) electrons. The Balaban J connectivity index is 1.85. The van der Waals surface area contributed by atoms with E-state index in [0.29, 0.717) is 30.8 Å². The molecular weight excluding hydrogens is 377 g/mol. The van der Waals surface area contributed by atoms with Crippen LogP contribution < -0.4 is 26.4 Å². The predicted octanol–water partition coefficient (Wildman–Crippen LogP) is -0.477. The number of anilines is 2. The minimum Gasteiger partial charge on any atom is -0.480 e. The SMILES string of the molecule is CCN(c1c(N2C[C@H](CCCB(O)O)[C@](N)(C(=O)O)C2)c(=O)c1=O)C1CCCC1. The Bertz CT molecular complexity index is 817. The van der Waals surface area contributed by atoms with E-state index in [1.54, 1.807) is 4.90 Å². The lowest BCUT2D eigenvalue weighted by Crippen LogP contribution is -2.55. The zero-order valence-electron chi connectivity index (χ0n) is 16.8. The van der Waals surface area contributed by atoms with Gasteiger partial charge in [-0.15, -0.1) is 0 Å². The van der Waals surface area contributed by atoms with Crippen LogP contribution in [-0.4, -0.2) is 59.5 Å². The Labute approximate surface area is 169 Å². The van der Waals surface area contributed by atoms with E-state index in [9.17, 15) is 19.5 Å². The lowest BCUT2D eigenvalue weighted by Gasteiger charge is -2.34. The van der Waals surface area contributed by atoms with Gasteiger partial charge in [-0.05, 0) is 32.5 Å². The number of rotatable bonds is 9. The molecule has 29 heavy (non-hydrogen) atoms. The fourth-order valence-electron chi connectivity index (χ4n) is 4.99. The Morgan fingerprint density at radius 2 is 1.93 bits per heavy atom. The molecule has 0 bridgehead atoms. The molecule has 2 fully saturated rings. The molecule has 2 aliphatic rings. The monoisotopic (exact) mass is 407 g/mol. The summed E-state index contributed by atoms with van der Waals surface area (Å²) in [4.78, 5) is 40.4. The molecule has 1 saturated heterocycles. The van der Waals surface area contributed by atoms with E-state index in [1.165, 1.54) is 0 Å². The van der Waals surface area contributed by atoms with Crippen LogP contribution in [0.25, 0.3) is 0 Å². The van der Waals surface area contributed by atoms with Gasteiger partial charge in [0.15, 0.2) is 0 Å². The van der Waals surface area contributed by atoms with E-state index in [-0.39, 0.29) is 25.5 Å². The molecule has 1 aliphatic carbocycles. The maximum absolute atomic E-state index is 12.5. The van der Waals surface area contributed by atoms with Gasteiger partial charge in [0.2, 0.25) is 0 Å². The van der Waals surface area contributed by atoms with Crippen molar-refractivity contribution < 1.29 is 19.9 Å². The number of carboxylic acids is 1. The molecule has 1 aliphatic heterocycles. The molecule has 1 aromatic rings. The first-order valence-electron chi connectivity index (χ1n) is 10.4. The summed E-state index contributed by atoms with van der Waals surface area (Å²) in [5, 5.41) is 27.8. The maximum atomic E-state index is 12.5. The van der Waals surface area contributed by atoms with Crippen molar-refractivity contribution in [1.82, 2.24) is 0 Å². The normalized spacial score (nSPS) is 25.1. The third-order valence-electron chi connectivity index (χ3n) is 6.61. The van der Waals surface area contributed by atoms with Gasteiger partial charge in [-0.3, -0.25) is 14.4 Å². The molecule has 2 atom stereocenters.